The number of aromatic nitrogens is 2. The molecule has 0 aromatic carbocycles. The molecular weight excluding hydrogens is 232 g/mol. The lowest BCUT2D eigenvalue weighted by Gasteiger charge is -2.20. The largest absolute Gasteiger partial charge is 0.481 e. The highest BCUT2D eigenvalue weighted by Crippen LogP contribution is 2.17. The number of carbonyl (C=O) groups is 1. The highest BCUT2D eigenvalue weighted by molar-refractivity contribution is 5.74. The third-order valence-corrected chi connectivity index (χ3v) is 2.81. The fourth-order valence-electron chi connectivity index (χ4n) is 1.20. The lowest BCUT2D eigenvalue weighted by atomic mass is 9.94. The van der Waals surface area contributed by atoms with Crippen LogP contribution in [-0.4, -0.2) is 41.2 Å². The van der Waals surface area contributed by atoms with Crippen LogP contribution >= 0.6 is 0 Å². The van der Waals surface area contributed by atoms with E-state index in [1.165, 1.54) is 6.33 Å². The van der Waals surface area contributed by atoms with Crippen LogP contribution in [0.2, 0.25) is 0 Å². The number of carboxylic acid groups (broad SMARTS) is 1. The van der Waals surface area contributed by atoms with Crippen LogP contribution in [0.5, 0.6) is 0 Å². The van der Waals surface area contributed by atoms with E-state index >= 15 is 0 Å². The van der Waals surface area contributed by atoms with Crippen molar-refractivity contribution in [2.75, 3.05) is 30.4 Å². The molecule has 2 N–H and O–H groups in total. The second-order valence-electron chi connectivity index (χ2n) is 4.82. The fourth-order valence-corrected chi connectivity index (χ4v) is 1.20. The molecule has 0 atom stereocenters. The maximum Gasteiger partial charge on any atom is 0.310 e. The molecule has 0 spiro atoms. The molecule has 6 nitrogen and oxygen atoms in total. The number of nitrogens with one attached hydrogen (secondary N) is 1. The molecule has 0 bridgehead atoms. The molecule has 1 rings (SSSR count). The Kier molecular flexibility index (Phi) is 4.47. The summed E-state index contributed by atoms with van der Waals surface area (Å²) in [5, 5.41) is 12.0. The molecule has 6 heteroatoms. The van der Waals surface area contributed by atoms with Crippen molar-refractivity contribution in [2.45, 2.75) is 20.8 Å². The number of carboxylic acids is 1. The van der Waals surface area contributed by atoms with Crippen molar-refractivity contribution in [3.05, 3.63) is 12.4 Å². The van der Waals surface area contributed by atoms with Crippen molar-refractivity contribution in [2.24, 2.45) is 5.41 Å². The highest BCUT2D eigenvalue weighted by atomic mass is 16.4. The number of aliphatic carboxylic acids is 1. The molecule has 0 aliphatic rings. The first kappa shape index (κ1) is 14.2. The van der Waals surface area contributed by atoms with Gasteiger partial charge in [0.05, 0.1) is 5.41 Å². The molecular formula is C12H20N4O2. The van der Waals surface area contributed by atoms with Crippen LogP contribution in [-0.2, 0) is 4.79 Å². The van der Waals surface area contributed by atoms with Crippen molar-refractivity contribution < 1.29 is 9.90 Å². The molecule has 0 aliphatic heterocycles. The smallest absolute Gasteiger partial charge is 0.310 e. The summed E-state index contributed by atoms with van der Waals surface area (Å²) in [5.41, 5.74) is -0.832. The Balaban J connectivity index is 2.71. The molecule has 100 valence electrons. The van der Waals surface area contributed by atoms with E-state index in [4.69, 9.17) is 5.11 Å². The summed E-state index contributed by atoms with van der Waals surface area (Å²) in [6.45, 7) is 6.53. The predicted octanol–water partition coefficient (Wildman–Crippen LogP) is 1.46. The van der Waals surface area contributed by atoms with Gasteiger partial charge in [0.1, 0.15) is 18.0 Å². The van der Waals surface area contributed by atoms with Gasteiger partial charge in [0.25, 0.3) is 0 Å². The molecule has 0 fully saturated rings. The standard InChI is InChI=1S/C12H20N4O2/c1-5-16(4)10-6-9(14-8-15-10)13-7-12(2,3)11(17)18/h6,8H,5,7H2,1-4H3,(H,17,18)(H,13,14,15). The molecule has 1 aromatic heterocycles. The van der Waals surface area contributed by atoms with Gasteiger partial charge in [-0.25, -0.2) is 9.97 Å². The zero-order chi connectivity index (χ0) is 13.8. The molecule has 1 aromatic rings. The van der Waals surface area contributed by atoms with Crippen LogP contribution in [0.1, 0.15) is 20.8 Å². The van der Waals surface area contributed by atoms with E-state index in [0.29, 0.717) is 12.4 Å². The summed E-state index contributed by atoms with van der Waals surface area (Å²) >= 11 is 0. The van der Waals surface area contributed by atoms with Crippen LogP contribution in [0.25, 0.3) is 0 Å². The third kappa shape index (κ3) is 3.58. The first-order valence-electron chi connectivity index (χ1n) is 5.87. The van der Waals surface area contributed by atoms with E-state index in [0.717, 1.165) is 12.4 Å². The zero-order valence-electron chi connectivity index (χ0n) is 11.3. The van der Waals surface area contributed by atoms with E-state index in [-0.39, 0.29) is 0 Å². The van der Waals surface area contributed by atoms with E-state index in [1.54, 1.807) is 19.9 Å². The number of nitrogens with zero attached hydrogens (tertiary/aromatic N) is 3. The normalized spacial score (nSPS) is 11.1. The highest BCUT2D eigenvalue weighted by Gasteiger charge is 2.26. The Morgan fingerprint density at radius 2 is 2.17 bits per heavy atom. The number of hydrogen-bond acceptors (Lipinski definition) is 5. The first-order chi connectivity index (χ1) is 8.36. The molecule has 0 radical (unpaired) electrons. The van der Waals surface area contributed by atoms with Gasteiger partial charge in [-0.05, 0) is 20.8 Å². The Labute approximate surface area is 107 Å². The lowest BCUT2D eigenvalue weighted by Crippen LogP contribution is -2.32. The molecule has 0 aliphatic carbocycles. The maximum absolute atomic E-state index is 11.0. The van der Waals surface area contributed by atoms with E-state index in [2.05, 4.69) is 15.3 Å². The van der Waals surface area contributed by atoms with Crippen molar-refractivity contribution >= 4 is 17.6 Å². The first-order valence-corrected chi connectivity index (χ1v) is 5.87. The van der Waals surface area contributed by atoms with Gasteiger partial charge in [-0.3, -0.25) is 4.79 Å². The van der Waals surface area contributed by atoms with Crippen LogP contribution in [0.3, 0.4) is 0 Å². The number of rotatable bonds is 6. The van der Waals surface area contributed by atoms with Gasteiger partial charge in [-0.2, -0.15) is 0 Å². The van der Waals surface area contributed by atoms with Gasteiger partial charge >= 0.3 is 5.97 Å². The molecule has 0 saturated heterocycles. The molecule has 0 unspecified atom stereocenters. The minimum atomic E-state index is -0.838. The Morgan fingerprint density at radius 3 is 2.72 bits per heavy atom. The quantitative estimate of drug-likeness (QED) is 0.798. The van der Waals surface area contributed by atoms with Gasteiger partial charge in [0.2, 0.25) is 0 Å². The summed E-state index contributed by atoms with van der Waals surface area (Å²) in [5.74, 6) is 0.604. The summed E-state index contributed by atoms with van der Waals surface area (Å²) in [4.78, 5) is 21.2. The van der Waals surface area contributed by atoms with Gasteiger partial charge < -0.3 is 15.3 Å². The predicted molar refractivity (Wildman–Crippen MR) is 70.9 cm³/mol. The van der Waals surface area contributed by atoms with Gasteiger partial charge in [-0.15, -0.1) is 0 Å². The van der Waals surface area contributed by atoms with Crippen LogP contribution < -0.4 is 10.2 Å². The van der Waals surface area contributed by atoms with E-state index < -0.39 is 11.4 Å². The topological polar surface area (TPSA) is 78.4 Å². The van der Waals surface area contributed by atoms with Crippen LogP contribution in [0, 0.1) is 5.41 Å². The minimum absolute atomic E-state index is 0.314. The summed E-state index contributed by atoms with van der Waals surface area (Å²) < 4.78 is 0. The summed E-state index contributed by atoms with van der Waals surface area (Å²) in [7, 11) is 1.94. The fraction of sp³-hybridized carbons (Fsp3) is 0.583. The number of hydrogen-bond donors (Lipinski definition) is 2. The van der Waals surface area contributed by atoms with Gasteiger partial charge in [0, 0.05) is 26.2 Å². The average Bonchev–Trinajstić information content (AvgIpc) is 2.35. The summed E-state index contributed by atoms with van der Waals surface area (Å²) in [6, 6.07) is 1.81. The zero-order valence-corrected chi connectivity index (χ0v) is 11.3. The monoisotopic (exact) mass is 252 g/mol. The van der Waals surface area contributed by atoms with Crippen molar-refractivity contribution in [1.29, 1.82) is 0 Å². The molecule has 1 heterocycles. The second kappa shape index (κ2) is 5.66. The van der Waals surface area contributed by atoms with Crippen LogP contribution in [0.4, 0.5) is 11.6 Å². The lowest BCUT2D eigenvalue weighted by molar-refractivity contribution is -0.146. The summed E-state index contributed by atoms with van der Waals surface area (Å²) in [6.07, 6.45) is 1.47. The molecule has 18 heavy (non-hydrogen) atoms. The van der Waals surface area contributed by atoms with Crippen molar-refractivity contribution in [1.82, 2.24) is 9.97 Å². The molecule has 0 amide bonds. The SMILES string of the molecule is CCN(C)c1cc(NCC(C)(C)C(=O)O)ncn1. The van der Waals surface area contributed by atoms with E-state index in [9.17, 15) is 4.79 Å². The van der Waals surface area contributed by atoms with Crippen LogP contribution in [0.15, 0.2) is 12.4 Å². The third-order valence-electron chi connectivity index (χ3n) is 2.81. The number of anilines is 2. The average molecular weight is 252 g/mol. The van der Waals surface area contributed by atoms with E-state index in [1.807, 2.05) is 18.9 Å². The Bertz CT molecular complexity index is 420. The van der Waals surface area contributed by atoms with Gasteiger partial charge in [-0.1, -0.05) is 0 Å². The second-order valence-corrected chi connectivity index (χ2v) is 4.82. The van der Waals surface area contributed by atoms with Crippen molar-refractivity contribution in [3.8, 4) is 0 Å². The molecule has 0 saturated carbocycles. The van der Waals surface area contributed by atoms with Gasteiger partial charge in [0.15, 0.2) is 0 Å². The Morgan fingerprint density at radius 1 is 1.50 bits per heavy atom. The minimum Gasteiger partial charge on any atom is -0.481 e. The van der Waals surface area contributed by atoms with Crippen molar-refractivity contribution in [3.63, 3.8) is 0 Å². The maximum atomic E-state index is 11.0. The Hall–Kier alpha value is -1.85.